The van der Waals surface area contributed by atoms with E-state index in [-0.39, 0.29) is 30.3 Å². The van der Waals surface area contributed by atoms with Crippen LogP contribution in [0.4, 0.5) is 0 Å². The van der Waals surface area contributed by atoms with Crippen LogP contribution >= 0.6 is 12.6 Å². The highest BCUT2D eigenvalue weighted by atomic mass is 32.1. The fourth-order valence-electron chi connectivity index (χ4n) is 3.41. The number of amides is 3. The number of thiol groups is 1. The molecule has 5 atom stereocenters. The minimum Gasteiger partial charge on any atom is -0.508 e. The quantitative estimate of drug-likeness (QED) is 0.108. The summed E-state index contributed by atoms with van der Waals surface area (Å²) < 4.78 is 0. The Morgan fingerprint density at radius 3 is 2.11 bits per heavy atom. The summed E-state index contributed by atoms with van der Waals surface area (Å²) in [6.45, 7) is 4.02. The summed E-state index contributed by atoms with van der Waals surface area (Å²) in [5.74, 6) is -3.21. The van der Waals surface area contributed by atoms with E-state index in [9.17, 15) is 29.4 Å². The number of nitrogens with two attached hydrogens (primary N) is 2. The number of rotatable bonds is 16. The molecule has 202 valence electrons. The molecule has 0 spiro atoms. The van der Waals surface area contributed by atoms with Crippen LogP contribution in [0.15, 0.2) is 24.3 Å². The van der Waals surface area contributed by atoms with E-state index in [1.165, 1.54) is 12.1 Å². The second-order valence-corrected chi connectivity index (χ2v) is 9.14. The van der Waals surface area contributed by atoms with Gasteiger partial charge in [-0.25, -0.2) is 4.79 Å². The molecule has 0 aromatic heterocycles. The average Bonchev–Trinajstić information content (AvgIpc) is 2.86. The highest BCUT2D eigenvalue weighted by Crippen LogP contribution is 2.14. The summed E-state index contributed by atoms with van der Waals surface area (Å²) in [5.41, 5.74) is 11.9. The Hall–Kier alpha value is -2.83. The number of hydrogen-bond acceptors (Lipinski definition) is 8. The number of carboxylic acids is 1. The molecule has 11 nitrogen and oxygen atoms in total. The summed E-state index contributed by atoms with van der Waals surface area (Å²) in [6.07, 6.45) is 1.96. The number of carbonyl (C=O) groups excluding carboxylic acids is 3. The monoisotopic (exact) mass is 525 g/mol. The second kappa shape index (κ2) is 16.0. The summed E-state index contributed by atoms with van der Waals surface area (Å²) >= 11 is 4.02. The van der Waals surface area contributed by atoms with E-state index in [1.807, 2.05) is 6.92 Å². The van der Waals surface area contributed by atoms with Crippen molar-refractivity contribution in [2.75, 3.05) is 12.3 Å². The smallest absolute Gasteiger partial charge is 0.326 e. The van der Waals surface area contributed by atoms with Crippen molar-refractivity contribution in [2.24, 2.45) is 17.4 Å². The molecule has 9 N–H and O–H groups in total. The standard InChI is InChI=1S/C24H39N5O6S/c1-3-14(2)20(23(33)27-18(24(34)35)6-4-5-11-25)29-22(32)19(28-21(31)17(26)13-36)12-15-7-9-16(30)10-8-15/h7-10,14,17-20,30,36H,3-6,11-13,25-26H2,1-2H3,(H,27,33)(H,28,31)(H,29,32)(H,34,35). The third-order valence-electron chi connectivity index (χ3n) is 5.90. The lowest BCUT2D eigenvalue weighted by Crippen LogP contribution is -2.59. The van der Waals surface area contributed by atoms with Gasteiger partial charge in [0, 0.05) is 12.2 Å². The number of carbonyl (C=O) groups is 4. The van der Waals surface area contributed by atoms with Crippen LogP contribution in [0.5, 0.6) is 5.75 Å². The van der Waals surface area contributed by atoms with Crippen molar-refractivity contribution in [3.05, 3.63) is 29.8 Å². The first kappa shape index (κ1) is 31.2. The largest absolute Gasteiger partial charge is 0.508 e. The van der Waals surface area contributed by atoms with Crippen molar-refractivity contribution in [1.82, 2.24) is 16.0 Å². The number of phenolic OH excluding ortho intramolecular Hbond substituents is 1. The Bertz CT molecular complexity index is 869. The molecule has 12 heteroatoms. The summed E-state index contributed by atoms with van der Waals surface area (Å²) in [4.78, 5) is 50.4. The number of aromatic hydroxyl groups is 1. The minimum atomic E-state index is -1.17. The topological polar surface area (TPSA) is 197 Å². The molecule has 0 heterocycles. The van der Waals surface area contributed by atoms with E-state index in [4.69, 9.17) is 11.5 Å². The van der Waals surface area contributed by atoms with Crippen LogP contribution in [0.2, 0.25) is 0 Å². The van der Waals surface area contributed by atoms with Gasteiger partial charge in [0.2, 0.25) is 17.7 Å². The number of phenols is 1. The molecule has 0 saturated carbocycles. The fourth-order valence-corrected chi connectivity index (χ4v) is 3.57. The zero-order chi connectivity index (χ0) is 27.3. The van der Waals surface area contributed by atoms with Crippen molar-refractivity contribution in [1.29, 1.82) is 0 Å². The first-order valence-corrected chi connectivity index (χ1v) is 12.7. The first-order chi connectivity index (χ1) is 17.0. The van der Waals surface area contributed by atoms with Crippen molar-refractivity contribution < 1.29 is 29.4 Å². The molecule has 5 unspecified atom stereocenters. The molecule has 0 fully saturated rings. The molecule has 1 rings (SSSR count). The highest BCUT2D eigenvalue weighted by Gasteiger charge is 2.32. The maximum absolute atomic E-state index is 13.3. The van der Waals surface area contributed by atoms with Gasteiger partial charge < -0.3 is 37.6 Å². The number of benzene rings is 1. The van der Waals surface area contributed by atoms with E-state index < -0.39 is 47.9 Å². The van der Waals surface area contributed by atoms with Crippen molar-refractivity contribution >= 4 is 36.3 Å². The summed E-state index contributed by atoms with van der Waals surface area (Å²) in [7, 11) is 0. The molecule has 0 aliphatic heterocycles. The lowest BCUT2D eigenvalue weighted by Gasteiger charge is -2.28. The van der Waals surface area contributed by atoms with Crippen molar-refractivity contribution in [2.45, 2.75) is 70.1 Å². The van der Waals surface area contributed by atoms with Gasteiger partial charge in [0.1, 0.15) is 23.9 Å². The molecule has 1 aromatic rings. The van der Waals surface area contributed by atoms with Crippen LogP contribution in [-0.4, -0.2) is 70.4 Å². The molecule has 0 aliphatic carbocycles. The van der Waals surface area contributed by atoms with Gasteiger partial charge in [-0.3, -0.25) is 14.4 Å². The minimum absolute atomic E-state index is 0.0498. The Morgan fingerprint density at radius 2 is 1.58 bits per heavy atom. The number of carboxylic acid groups (broad SMARTS) is 1. The molecular weight excluding hydrogens is 486 g/mol. The maximum atomic E-state index is 13.3. The van der Waals surface area contributed by atoms with E-state index in [2.05, 4.69) is 28.6 Å². The van der Waals surface area contributed by atoms with E-state index >= 15 is 0 Å². The average molecular weight is 526 g/mol. The normalized spacial score (nSPS) is 15.1. The van der Waals surface area contributed by atoms with Crippen molar-refractivity contribution in [3.8, 4) is 5.75 Å². The maximum Gasteiger partial charge on any atom is 0.326 e. The Morgan fingerprint density at radius 1 is 0.972 bits per heavy atom. The van der Waals surface area contributed by atoms with Crippen LogP contribution in [0.25, 0.3) is 0 Å². The predicted molar refractivity (Wildman–Crippen MR) is 139 cm³/mol. The number of aliphatic carboxylic acids is 1. The second-order valence-electron chi connectivity index (χ2n) is 8.78. The van der Waals surface area contributed by atoms with Gasteiger partial charge in [-0.15, -0.1) is 0 Å². The molecule has 1 aromatic carbocycles. The molecule has 3 amide bonds. The van der Waals surface area contributed by atoms with Crippen LogP contribution in [-0.2, 0) is 25.6 Å². The van der Waals surface area contributed by atoms with E-state index in [1.54, 1.807) is 19.1 Å². The zero-order valence-electron chi connectivity index (χ0n) is 20.8. The van der Waals surface area contributed by atoms with E-state index in [0.717, 1.165) is 0 Å². The Balaban J connectivity index is 3.09. The molecule has 36 heavy (non-hydrogen) atoms. The summed E-state index contributed by atoms with van der Waals surface area (Å²) in [5, 5.41) is 26.8. The molecular formula is C24H39N5O6S. The summed E-state index contributed by atoms with van der Waals surface area (Å²) in [6, 6.07) is 1.96. The molecule has 0 bridgehead atoms. The van der Waals surface area contributed by atoms with Gasteiger partial charge in [0.05, 0.1) is 6.04 Å². The molecule has 0 saturated heterocycles. The lowest BCUT2D eigenvalue weighted by atomic mass is 9.96. The predicted octanol–water partition coefficient (Wildman–Crippen LogP) is -0.0941. The molecule has 0 aliphatic rings. The van der Waals surface area contributed by atoms with Gasteiger partial charge >= 0.3 is 5.97 Å². The van der Waals surface area contributed by atoms with Gasteiger partial charge in [0.25, 0.3) is 0 Å². The SMILES string of the molecule is CCC(C)C(NC(=O)C(Cc1ccc(O)cc1)NC(=O)C(N)CS)C(=O)NC(CCCCN)C(=O)O. The number of nitrogens with one attached hydrogen (secondary N) is 3. The van der Waals surface area contributed by atoms with Gasteiger partial charge in [-0.1, -0.05) is 32.4 Å². The highest BCUT2D eigenvalue weighted by molar-refractivity contribution is 7.80. The van der Waals surface area contributed by atoms with Crippen LogP contribution in [0.1, 0.15) is 45.1 Å². The fraction of sp³-hybridized carbons (Fsp3) is 0.583. The van der Waals surface area contributed by atoms with Gasteiger partial charge in [-0.2, -0.15) is 12.6 Å². The van der Waals surface area contributed by atoms with Crippen molar-refractivity contribution in [3.63, 3.8) is 0 Å². The number of unbranched alkanes of at least 4 members (excludes halogenated alkanes) is 1. The third-order valence-corrected chi connectivity index (χ3v) is 6.29. The third kappa shape index (κ3) is 10.4. The Kier molecular flexibility index (Phi) is 13.9. The lowest BCUT2D eigenvalue weighted by molar-refractivity contribution is -0.143. The van der Waals surface area contributed by atoms with Gasteiger partial charge in [0.15, 0.2) is 0 Å². The number of hydrogen-bond donors (Lipinski definition) is 8. The van der Waals surface area contributed by atoms with Crippen LogP contribution < -0.4 is 27.4 Å². The zero-order valence-corrected chi connectivity index (χ0v) is 21.7. The van der Waals surface area contributed by atoms with Crippen LogP contribution in [0, 0.1) is 5.92 Å². The van der Waals surface area contributed by atoms with E-state index in [0.29, 0.717) is 31.4 Å². The molecule has 0 radical (unpaired) electrons. The van der Waals surface area contributed by atoms with Crippen LogP contribution in [0.3, 0.4) is 0 Å². The Labute approximate surface area is 217 Å². The first-order valence-electron chi connectivity index (χ1n) is 12.0. The van der Waals surface area contributed by atoms with Gasteiger partial charge in [-0.05, 0) is 49.4 Å².